The number of carbonyl (C=O) groups excluding carboxylic acids is 1. The van der Waals surface area contributed by atoms with Gasteiger partial charge in [0.25, 0.3) is 0 Å². The van der Waals surface area contributed by atoms with Crippen LogP contribution in [0.1, 0.15) is 232 Å². The van der Waals surface area contributed by atoms with E-state index < -0.39 is 12.1 Å². The number of amides is 1. The predicted octanol–water partition coefficient (Wildman–Crippen LogP) is 17.7. The van der Waals surface area contributed by atoms with E-state index in [2.05, 4.69) is 129 Å². The van der Waals surface area contributed by atoms with Gasteiger partial charge in [0.1, 0.15) is 0 Å². The van der Waals surface area contributed by atoms with Crippen LogP contribution < -0.4 is 5.32 Å². The summed E-state index contributed by atoms with van der Waals surface area (Å²) < 4.78 is 0. The fraction of sp³-hybridized carbons (Fsp3) is 0.650. The van der Waals surface area contributed by atoms with E-state index in [0.717, 1.165) is 83.5 Å². The first-order chi connectivity index (χ1) is 31.7. The molecule has 0 aliphatic heterocycles. The molecule has 0 aromatic carbocycles. The lowest BCUT2D eigenvalue weighted by molar-refractivity contribution is -0.123. The maximum atomic E-state index is 12.4. The number of aliphatic hydroxyl groups is 2. The highest BCUT2D eigenvalue weighted by atomic mass is 16.3. The standard InChI is InChI=1S/C60H101NO3/c1-3-5-7-9-11-13-15-17-18-19-20-21-22-23-24-25-26-27-28-29-30-31-32-33-34-35-36-37-38-39-40-41-42-44-46-48-50-52-54-56-60(64)61-58(57-62)59(63)55-53-51-49-47-45-43-16-14-12-10-8-6-4-2/h5,7,11-14,17-18,20-21,23-24,26-27,29-30,45,47,53,55,58-59,62-63H,3-4,6,8-10,15-16,19,22,25,28,31-44,46,48-52,54,56-57H2,1-2H3,(H,61,64)/b7-5-,13-11-,14-12+,18-17-,21-20-,24-23-,27-26-,30-29-,47-45+,55-53+. The van der Waals surface area contributed by atoms with Crippen LogP contribution in [0, 0.1) is 0 Å². The van der Waals surface area contributed by atoms with Crippen LogP contribution in [0.25, 0.3) is 0 Å². The third kappa shape index (κ3) is 49.8. The molecule has 0 aromatic heterocycles. The van der Waals surface area contributed by atoms with Gasteiger partial charge in [-0.1, -0.05) is 245 Å². The number of nitrogens with one attached hydrogen (secondary N) is 1. The number of rotatable bonds is 47. The first-order valence-electron chi connectivity index (χ1n) is 26.7. The third-order valence-corrected chi connectivity index (χ3v) is 11.4. The quantitative estimate of drug-likeness (QED) is 0.0421. The van der Waals surface area contributed by atoms with Crippen molar-refractivity contribution < 1.29 is 15.0 Å². The predicted molar refractivity (Wildman–Crippen MR) is 285 cm³/mol. The molecular formula is C60H101NO3. The minimum absolute atomic E-state index is 0.0822. The number of carbonyl (C=O) groups is 1. The van der Waals surface area contributed by atoms with Crippen molar-refractivity contribution in [2.75, 3.05) is 6.61 Å². The highest BCUT2D eigenvalue weighted by Gasteiger charge is 2.17. The van der Waals surface area contributed by atoms with Crippen molar-refractivity contribution >= 4 is 5.91 Å². The lowest BCUT2D eigenvalue weighted by Crippen LogP contribution is -2.45. The Labute approximate surface area is 397 Å². The molecule has 0 bridgehead atoms. The van der Waals surface area contributed by atoms with Gasteiger partial charge in [0.15, 0.2) is 0 Å². The second kappa shape index (κ2) is 54.1. The minimum atomic E-state index is -0.874. The maximum Gasteiger partial charge on any atom is 0.220 e. The van der Waals surface area contributed by atoms with E-state index in [1.165, 1.54) is 128 Å². The average Bonchev–Trinajstić information content (AvgIpc) is 3.30. The molecule has 0 saturated heterocycles. The van der Waals surface area contributed by atoms with Gasteiger partial charge in [0, 0.05) is 6.42 Å². The van der Waals surface area contributed by atoms with E-state index in [0.29, 0.717) is 6.42 Å². The number of aliphatic hydroxyl groups excluding tert-OH is 2. The Bertz CT molecular complexity index is 1280. The summed E-state index contributed by atoms with van der Waals surface area (Å²) in [5, 5.41) is 23.0. The molecule has 0 rings (SSSR count). The Morgan fingerprint density at radius 1 is 0.391 bits per heavy atom. The summed E-state index contributed by atoms with van der Waals surface area (Å²) in [6.45, 7) is 4.14. The molecule has 0 radical (unpaired) electrons. The van der Waals surface area contributed by atoms with E-state index in [9.17, 15) is 15.0 Å². The van der Waals surface area contributed by atoms with Gasteiger partial charge in [-0.25, -0.2) is 0 Å². The van der Waals surface area contributed by atoms with E-state index >= 15 is 0 Å². The van der Waals surface area contributed by atoms with Crippen LogP contribution in [0.15, 0.2) is 122 Å². The van der Waals surface area contributed by atoms with Crippen LogP contribution in [0.3, 0.4) is 0 Å². The van der Waals surface area contributed by atoms with Crippen molar-refractivity contribution in [2.45, 2.75) is 244 Å². The Morgan fingerprint density at radius 3 is 1.09 bits per heavy atom. The first-order valence-corrected chi connectivity index (χ1v) is 26.7. The van der Waals surface area contributed by atoms with Crippen molar-refractivity contribution in [3.63, 3.8) is 0 Å². The van der Waals surface area contributed by atoms with Crippen LogP contribution >= 0.6 is 0 Å². The molecule has 4 nitrogen and oxygen atoms in total. The number of allylic oxidation sites excluding steroid dienone is 19. The first kappa shape index (κ1) is 60.8. The summed E-state index contributed by atoms with van der Waals surface area (Å²) in [7, 11) is 0. The third-order valence-electron chi connectivity index (χ3n) is 11.4. The zero-order valence-electron chi connectivity index (χ0n) is 41.8. The largest absolute Gasteiger partial charge is 0.394 e. The maximum absolute atomic E-state index is 12.4. The van der Waals surface area contributed by atoms with Crippen molar-refractivity contribution in [3.05, 3.63) is 122 Å². The van der Waals surface area contributed by atoms with Gasteiger partial charge >= 0.3 is 0 Å². The molecule has 0 aliphatic carbocycles. The number of hydrogen-bond acceptors (Lipinski definition) is 3. The topological polar surface area (TPSA) is 69.6 Å². The molecule has 0 saturated carbocycles. The second-order valence-electron chi connectivity index (χ2n) is 17.5. The summed E-state index contributed by atoms with van der Waals surface area (Å²) in [6, 6.07) is -0.650. The molecule has 4 heteroatoms. The van der Waals surface area contributed by atoms with E-state index in [-0.39, 0.29) is 12.5 Å². The van der Waals surface area contributed by atoms with Gasteiger partial charge in [0.05, 0.1) is 18.8 Å². The van der Waals surface area contributed by atoms with Gasteiger partial charge in [-0.2, -0.15) is 0 Å². The molecule has 2 unspecified atom stereocenters. The van der Waals surface area contributed by atoms with E-state index in [4.69, 9.17) is 0 Å². The molecule has 3 N–H and O–H groups in total. The lowest BCUT2D eigenvalue weighted by atomic mass is 10.0. The SMILES string of the molecule is CC/C=C\C/C=C\C/C=C\C/C=C\C/C=C\C/C=C\C/C=C\CCCCCCCCCCCCCCCCCCCC(=O)NC(CO)C(O)/C=C/CC/C=C/CC/C=C/CCCCC. The van der Waals surface area contributed by atoms with Gasteiger partial charge in [-0.3, -0.25) is 4.79 Å². The molecule has 364 valence electrons. The summed E-state index contributed by atoms with van der Waals surface area (Å²) in [4.78, 5) is 12.4. The normalized spacial score (nSPS) is 13.9. The monoisotopic (exact) mass is 884 g/mol. The summed E-state index contributed by atoms with van der Waals surface area (Å²) in [5.41, 5.74) is 0. The van der Waals surface area contributed by atoms with Crippen LogP contribution in [0.2, 0.25) is 0 Å². The van der Waals surface area contributed by atoms with Gasteiger partial charge in [-0.05, 0) is 103 Å². The zero-order valence-corrected chi connectivity index (χ0v) is 41.8. The fourth-order valence-corrected chi connectivity index (χ4v) is 7.37. The molecule has 0 aliphatic rings. The van der Waals surface area contributed by atoms with Crippen LogP contribution in [0.4, 0.5) is 0 Å². The Kier molecular flexibility index (Phi) is 51.4. The van der Waals surface area contributed by atoms with Gasteiger partial charge in [-0.15, -0.1) is 0 Å². The molecule has 0 spiro atoms. The second-order valence-corrected chi connectivity index (χ2v) is 17.5. The Morgan fingerprint density at radius 2 is 0.703 bits per heavy atom. The van der Waals surface area contributed by atoms with Crippen molar-refractivity contribution in [1.29, 1.82) is 0 Å². The minimum Gasteiger partial charge on any atom is -0.394 e. The number of unbranched alkanes of at least 4 members (excludes halogenated alkanes) is 22. The smallest absolute Gasteiger partial charge is 0.220 e. The van der Waals surface area contributed by atoms with E-state index in [1.54, 1.807) is 6.08 Å². The molecule has 1 amide bonds. The molecule has 0 aromatic rings. The number of hydrogen-bond donors (Lipinski definition) is 3. The summed E-state index contributed by atoms with van der Waals surface area (Å²) in [6.07, 6.45) is 83.5. The van der Waals surface area contributed by atoms with Crippen molar-refractivity contribution in [3.8, 4) is 0 Å². The highest BCUT2D eigenvalue weighted by molar-refractivity contribution is 5.76. The molecule has 0 fully saturated rings. The average molecular weight is 884 g/mol. The molecular weight excluding hydrogens is 783 g/mol. The Hall–Kier alpha value is -3.21. The molecule has 0 heterocycles. The van der Waals surface area contributed by atoms with Crippen molar-refractivity contribution in [1.82, 2.24) is 5.32 Å². The van der Waals surface area contributed by atoms with E-state index in [1.807, 2.05) is 6.08 Å². The Balaban J connectivity index is 3.53. The molecule has 64 heavy (non-hydrogen) atoms. The fourth-order valence-electron chi connectivity index (χ4n) is 7.37. The van der Waals surface area contributed by atoms with Crippen LogP contribution in [-0.4, -0.2) is 34.9 Å². The summed E-state index contributed by atoms with van der Waals surface area (Å²) in [5.74, 6) is -0.0822. The molecule has 2 atom stereocenters. The summed E-state index contributed by atoms with van der Waals surface area (Å²) >= 11 is 0. The van der Waals surface area contributed by atoms with Gasteiger partial charge < -0.3 is 15.5 Å². The van der Waals surface area contributed by atoms with Crippen LogP contribution in [0.5, 0.6) is 0 Å². The van der Waals surface area contributed by atoms with Crippen molar-refractivity contribution in [2.24, 2.45) is 0 Å². The lowest BCUT2D eigenvalue weighted by Gasteiger charge is -2.19. The highest BCUT2D eigenvalue weighted by Crippen LogP contribution is 2.15. The van der Waals surface area contributed by atoms with Gasteiger partial charge in [0.2, 0.25) is 5.91 Å². The zero-order chi connectivity index (χ0) is 46.3. The van der Waals surface area contributed by atoms with Crippen LogP contribution in [-0.2, 0) is 4.79 Å².